The Morgan fingerprint density at radius 3 is 1.93 bits per heavy atom. The van der Waals surface area contributed by atoms with Crippen molar-refractivity contribution in [2.24, 2.45) is 0 Å². The monoisotopic (exact) mass is 488 g/mol. The first kappa shape index (κ1) is 22.3. The Labute approximate surface area is 178 Å². The van der Waals surface area contributed by atoms with E-state index in [1.165, 1.54) is 11.1 Å². The molecule has 1 aliphatic carbocycles. The van der Waals surface area contributed by atoms with Gasteiger partial charge in [-0.1, -0.05) is 0 Å². The van der Waals surface area contributed by atoms with E-state index in [-0.39, 0.29) is 16.7 Å². The molecule has 8 heteroatoms. The fourth-order valence-electron chi connectivity index (χ4n) is 3.86. The Balaban J connectivity index is 2.07. The molecule has 1 aliphatic rings. The van der Waals surface area contributed by atoms with Crippen molar-refractivity contribution in [2.45, 2.75) is 37.0 Å². The molecule has 151 valence electrons. The topological polar surface area (TPSA) is 38.3 Å². The van der Waals surface area contributed by atoms with E-state index in [9.17, 15) is 4.79 Å². The third-order valence-corrected chi connectivity index (χ3v) is 37.6. The first-order valence-corrected chi connectivity index (χ1v) is 24.6. The Bertz CT molecular complexity index is 870. The van der Waals surface area contributed by atoms with Crippen LogP contribution in [0.4, 0.5) is 0 Å². The Kier molecular flexibility index (Phi) is 6.12. The summed E-state index contributed by atoms with van der Waals surface area (Å²) in [7, 11) is 13.1. The molecule has 1 amide bonds. The quantitative estimate of drug-likeness (QED) is 0.535. The zero-order valence-electron chi connectivity index (χ0n) is 17.1. The Morgan fingerprint density at radius 2 is 1.50 bits per heavy atom. The van der Waals surface area contributed by atoms with E-state index in [2.05, 4.69) is 60.8 Å². The van der Waals surface area contributed by atoms with Crippen LogP contribution in [0.15, 0.2) is 48.5 Å². The zero-order chi connectivity index (χ0) is 20.8. The summed E-state index contributed by atoms with van der Waals surface area (Å²) >= 11 is -4.50. The minimum atomic E-state index is -4.50. The maximum absolute atomic E-state index is 12.9. The SMILES string of the molecule is C[SiH](C)[Ti]([Cl])([Cl])([NH]C(=O)CO[Si](C)(C)C)[CH]1c2ccccc2-c2ccccc21. The van der Waals surface area contributed by atoms with Gasteiger partial charge in [-0.3, -0.25) is 0 Å². The van der Waals surface area contributed by atoms with Gasteiger partial charge < -0.3 is 0 Å². The zero-order valence-corrected chi connectivity index (χ0v) is 22.3. The molecular formula is C20H28Cl2NO2Si2Ti. The van der Waals surface area contributed by atoms with Crippen LogP contribution in [0.2, 0.25) is 32.7 Å². The summed E-state index contributed by atoms with van der Waals surface area (Å²) in [6.45, 7) is 8.85. The molecule has 0 atom stereocenters. The molecule has 0 heterocycles. The fourth-order valence-corrected chi connectivity index (χ4v) is 18.5. The van der Waals surface area contributed by atoms with Gasteiger partial charge in [-0.15, -0.1) is 0 Å². The predicted octanol–water partition coefficient (Wildman–Crippen LogP) is 5.62. The molecule has 0 aromatic heterocycles. The number of carbonyl (C=O) groups is 1. The van der Waals surface area contributed by atoms with Crippen molar-refractivity contribution in [3.05, 3.63) is 59.7 Å². The van der Waals surface area contributed by atoms with Crippen LogP contribution in [0.25, 0.3) is 11.1 Å². The van der Waals surface area contributed by atoms with E-state index in [4.69, 9.17) is 23.0 Å². The van der Waals surface area contributed by atoms with Gasteiger partial charge in [0, 0.05) is 0 Å². The number of amides is 1. The van der Waals surface area contributed by atoms with Gasteiger partial charge in [-0.25, -0.2) is 0 Å². The second-order valence-corrected chi connectivity index (χ2v) is 41.5. The van der Waals surface area contributed by atoms with Crippen LogP contribution in [0.3, 0.4) is 0 Å². The standard InChI is InChI=1S/C13H9.C5H13NO2Si.C2H7Si.2ClH.Ti/c1-3-7-12-10(5-1)9-11-6-2-4-8-13(11)12;1-9(2,3)8-4-5(6)7;1-3-2;;;/h1-9H;4H2,1-3H3,(H2,6,7);3H,1-2H3;2*1H;/q;;;;;+3/p-3. The molecule has 0 spiro atoms. The van der Waals surface area contributed by atoms with Crippen molar-refractivity contribution in [1.29, 1.82) is 0 Å². The molecule has 3 nitrogen and oxygen atoms in total. The van der Waals surface area contributed by atoms with Crippen LogP contribution in [0, 0.1) is 0 Å². The Hall–Kier alpha value is -0.402. The van der Waals surface area contributed by atoms with Gasteiger partial charge in [-0.2, -0.15) is 0 Å². The van der Waals surface area contributed by atoms with Crippen molar-refractivity contribution >= 4 is 39.5 Å². The fraction of sp³-hybridized carbons (Fsp3) is 0.350. The number of rotatable bonds is 6. The predicted molar refractivity (Wildman–Crippen MR) is 122 cm³/mol. The molecule has 1 N–H and O–H groups in total. The van der Waals surface area contributed by atoms with Gasteiger partial charge in [0.15, 0.2) is 0 Å². The summed E-state index contributed by atoms with van der Waals surface area (Å²) in [5, 5.41) is 0. The number of hydrogen-bond acceptors (Lipinski definition) is 2. The average Bonchev–Trinajstić information content (AvgIpc) is 2.95. The van der Waals surface area contributed by atoms with Gasteiger partial charge in [0.05, 0.1) is 0 Å². The van der Waals surface area contributed by atoms with E-state index in [0.717, 1.165) is 11.1 Å². The molecule has 2 aromatic rings. The molecule has 0 bridgehead atoms. The van der Waals surface area contributed by atoms with Crippen molar-refractivity contribution in [3.63, 3.8) is 0 Å². The van der Waals surface area contributed by atoms with E-state index >= 15 is 0 Å². The third-order valence-electron chi connectivity index (χ3n) is 5.44. The van der Waals surface area contributed by atoms with Crippen LogP contribution in [-0.2, 0) is 21.9 Å². The molecule has 0 radical (unpaired) electrons. The molecule has 28 heavy (non-hydrogen) atoms. The first-order chi connectivity index (χ1) is 12.9. The molecule has 0 aliphatic heterocycles. The normalized spacial score (nSPS) is 15.6. The summed E-state index contributed by atoms with van der Waals surface area (Å²) in [5.41, 5.74) is 4.61. The van der Waals surface area contributed by atoms with Crippen molar-refractivity contribution in [3.8, 4) is 11.1 Å². The van der Waals surface area contributed by atoms with Gasteiger partial charge in [0.1, 0.15) is 0 Å². The summed E-state index contributed by atoms with van der Waals surface area (Å²) < 4.78 is 8.88. The van der Waals surface area contributed by atoms with Gasteiger partial charge >= 0.3 is 180 Å². The molecule has 3 rings (SSSR count). The number of hydrogen-bond donors (Lipinski definition) is 1. The molecule has 0 saturated heterocycles. The molecule has 0 saturated carbocycles. The first-order valence-electron chi connectivity index (χ1n) is 9.64. The molecule has 2 aromatic carbocycles. The van der Waals surface area contributed by atoms with Crippen LogP contribution < -0.4 is 3.80 Å². The third kappa shape index (κ3) is 4.08. The van der Waals surface area contributed by atoms with Crippen molar-refractivity contribution in [1.82, 2.24) is 3.80 Å². The van der Waals surface area contributed by atoms with Crippen LogP contribution in [-0.4, -0.2) is 27.5 Å². The minimum absolute atomic E-state index is 0.0194. The van der Waals surface area contributed by atoms with Gasteiger partial charge in [-0.05, 0) is 0 Å². The van der Waals surface area contributed by atoms with Crippen LogP contribution in [0.1, 0.15) is 15.3 Å². The number of halogens is 2. The van der Waals surface area contributed by atoms with E-state index in [1.807, 2.05) is 24.3 Å². The molecule has 0 unspecified atom stereocenters. The second kappa shape index (κ2) is 7.69. The number of benzene rings is 2. The van der Waals surface area contributed by atoms with Crippen LogP contribution >= 0.6 is 18.6 Å². The summed E-state index contributed by atoms with van der Waals surface area (Å²) in [6.07, 6.45) is 0. The number of fused-ring (bicyclic) bond motifs is 3. The van der Waals surface area contributed by atoms with Crippen molar-refractivity contribution < 1.29 is 21.9 Å². The molecule has 0 fully saturated rings. The summed E-state index contributed by atoms with van der Waals surface area (Å²) in [6, 6.07) is 16.6. The second-order valence-electron chi connectivity index (χ2n) is 8.86. The van der Waals surface area contributed by atoms with E-state index in [0.29, 0.717) is 0 Å². The molecular weight excluding hydrogens is 461 g/mol. The summed E-state index contributed by atoms with van der Waals surface area (Å²) in [5.74, 6) is -0.188. The summed E-state index contributed by atoms with van der Waals surface area (Å²) in [4.78, 5) is 12.9. The average molecular weight is 489 g/mol. The maximum atomic E-state index is 12.9. The number of nitrogens with one attached hydrogen (secondary N) is 1. The van der Waals surface area contributed by atoms with Crippen LogP contribution in [0.5, 0.6) is 0 Å². The number of carbonyl (C=O) groups excluding carboxylic acids is 1. The van der Waals surface area contributed by atoms with Crippen molar-refractivity contribution in [2.75, 3.05) is 6.61 Å². The van der Waals surface area contributed by atoms with Gasteiger partial charge in [0.2, 0.25) is 0 Å². The van der Waals surface area contributed by atoms with Gasteiger partial charge in [0.25, 0.3) is 0 Å². The van der Waals surface area contributed by atoms with E-state index < -0.39 is 27.7 Å². The Morgan fingerprint density at radius 1 is 1.04 bits per heavy atom. The van der Waals surface area contributed by atoms with E-state index in [1.54, 1.807) is 0 Å².